The number of hydrogen-bond acceptors (Lipinski definition) is 2. The summed E-state index contributed by atoms with van der Waals surface area (Å²) >= 11 is 0. The Morgan fingerprint density at radius 2 is 1.58 bits per heavy atom. The Hall–Kier alpha value is -1.58. The first kappa shape index (κ1) is 17.2. The maximum Gasteiger partial charge on any atom is 0.204 e. The molecule has 3 rings (SSSR count). The quantitative estimate of drug-likeness (QED) is 0.570. The molecule has 2 aliphatic rings. The van der Waals surface area contributed by atoms with Gasteiger partial charge in [-0.05, 0) is 43.2 Å². The predicted molar refractivity (Wildman–Crippen MR) is 90.4 cm³/mol. The van der Waals surface area contributed by atoms with E-state index in [0.29, 0.717) is 18.4 Å². The molecule has 0 radical (unpaired) electrons. The average Bonchev–Trinajstić information content (AvgIpc) is 3.05. The van der Waals surface area contributed by atoms with Crippen molar-refractivity contribution in [1.29, 1.82) is 0 Å². The molecule has 0 N–H and O–H groups in total. The first-order valence-electron chi connectivity index (χ1n) is 9.14. The van der Waals surface area contributed by atoms with Gasteiger partial charge in [-0.3, -0.25) is 0 Å². The second-order valence-electron chi connectivity index (χ2n) is 6.91. The lowest BCUT2D eigenvalue weighted by molar-refractivity contribution is 0.214. The molecule has 0 bridgehead atoms. The summed E-state index contributed by atoms with van der Waals surface area (Å²) in [5.41, 5.74) is 0. The standard InChI is InChI=1S/C20H26F2O2/c21-19-17(23-13-4-9-15-5-1-2-6-15)10-11-18(20(19)22)24-14-12-16-7-3-8-16/h4,9-11,15-16H,1-3,5-8,12-14H2/b9-4+. The molecule has 2 fully saturated rings. The van der Waals surface area contributed by atoms with Crippen LogP contribution in [0.5, 0.6) is 11.5 Å². The maximum atomic E-state index is 14.0. The van der Waals surface area contributed by atoms with Crippen molar-refractivity contribution < 1.29 is 18.3 Å². The van der Waals surface area contributed by atoms with Crippen molar-refractivity contribution in [1.82, 2.24) is 0 Å². The highest BCUT2D eigenvalue weighted by molar-refractivity contribution is 5.35. The van der Waals surface area contributed by atoms with Gasteiger partial charge in [0.25, 0.3) is 0 Å². The average molecular weight is 336 g/mol. The minimum Gasteiger partial charge on any atom is -0.490 e. The second kappa shape index (κ2) is 8.50. The Labute approximate surface area is 142 Å². The van der Waals surface area contributed by atoms with Crippen molar-refractivity contribution in [3.63, 3.8) is 0 Å². The maximum absolute atomic E-state index is 14.0. The minimum absolute atomic E-state index is 0.0272. The Bertz CT molecular complexity index is 561. The second-order valence-corrected chi connectivity index (χ2v) is 6.91. The molecule has 1 aromatic rings. The van der Waals surface area contributed by atoms with Crippen LogP contribution in [0.4, 0.5) is 8.78 Å². The van der Waals surface area contributed by atoms with Gasteiger partial charge >= 0.3 is 0 Å². The summed E-state index contributed by atoms with van der Waals surface area (Å²) in [4.78, 5) is 0. The van der Waals surface area contributed by atoms with Gasteiger partial charge in [0.1, 0.15) is 6.61 Å². The Kier molecular flexibility index (Phi) is 6.11. The number of benzene rings is 1. The topological polar surface area (TPSA) is 18.5 Å². The fourth-order valence-electron chi connectivity index (χ4n) is 3.39. The van der Waals surface area contributed by atoms with Crippen LogP contribution in [0, 0.1) is 23.5 Å². The summed E-state index contributed by atoms with van der Waals surface area (Å²) in [5, 5.41) is 0. The van der Waals surface area contributed by atoms with E-state index in [9.17, 15) is 8.78 Å². The molecule has 24 heavy (non-hydrogen) atoms. The molecule has 2 aliphatic carbocycles. The van der Waals surface area contributed by atoms with Crippen LogP contribution in [0.1, 0.15) is 51.4 Å². The summed E-state index contributed by atoms with van der Waals surface area (Å²) in [5.74, 6) is -0.712. The molecule has 132 valence electrons. The van der Waals surface area contributed by atoms with Gasteiger partial charge in [-0.25, -0.2) is 0 Å². The summed E-state index contributed by atoms with van der Waals surface area (Å²) in [6, 6.07) is 2.90. The number of hydrogen-bond donors (Lipinski definition) is 0. The number of rotatable bonds is 8. The van der Waals surface area contributed by atoms with Crippen LogP contribution < -0.4 is 9.47 Å². The SMILES string of the molecule is Fc1c(OC/C=C/C2CCCC2)ccc(OCCC2CCC2)c1F. The minimum atomic E-state index is -0.967. The first-order chi connectivity index (χ1) is 11.7. The molecule has 2 saturated carbocycles. The van der Waals surface area contributed by atoms with Crippen LogP contribution in [0.2, 0.25) is 0 Å². The zero-order valence-corrected chi connectivity index (χ0v) is 14.1. The van der Waals surface area contributed by atoms with Gasteiger partial charge in [0, 0.05) is 0 Å². The Balaban J connectivity index is 1.47. The molecule has 0 spiro atoms. The van der Waals surface area contributed by atoms with Crippen molar-refractivity contribution in [2.75, 3.05) is 13.2 Å². The molecule has 0 saturated heterocycles. The smallest absolute Gasteiger partial charge is 0.204 e. The number of halogens is 2. The van der Waals surface area contributed by atoms with Crippen molar-refractivity contribution in [2.24, 2.45) is 11.8 Å². The fraction of sp³-hybridized carbons (Fsp3) is 0.600. The highest BCUT2D eigenvalue weighted by Crippen LogP contribution is 2.31. The lowest BCUT2D eigenvalue weighted by atomic mass is 9.83. The van der Waals surface area contributed by atoms with Crippen LogP contribution in [0.15, 0.2) is 24.3 Å². The third-order valence-electron chi connectivity index (χ3n) is 5.16. The molecule has 2 nitrogen and oxygen atoms in total. The Morgan fingerprint density at radius 1 is 0.917 bits per heavy atom. The van der Waals surface area contributed by atoms with E-state index in [4.69, 9.17) is 9.47 Å². The van der Waals surface area contributed by atoms with Crippen LogP contribution in [0.25, 0.3) is 0 Å². The molecular weight excluding hydrogens is 310 g/mol. The summed E-state index contributed by atoms with van der Waals surface area (Å²) in [6.07, 6.45) is 13.6. The van der Waals surface area contributed by atoms with E-state index >= 15 is 0 Å². The Morgan fingerprint density at radius 3 is 2.21 bits per heavy atom. The molecule has 0 heterocycles. The van der Waals surface area contributed by atoms with Crippen LogP contribution in [-0.4, -0.2) is 13.2 Å². The molecule has 4 heteroatoms. The van der Waals surface area contributed by atoms with Crippen molar-refractivity contribution in [3.8, 4) is 11.5 Å². The van der Waals surface area contributed by atoms with Crippen molar-refractivity contribution in [3.05, 3.63) is 35.9 Å². The van der Waals surface area contributed by atoms with Gasteiger partial charge in [-0.1, -0.05) is 44.3 Å². The van der Waals surface area contributed by atoms with E-state index in [1.165, 1.54) is 57.1 Å². The molecule has 0 atom stereocenters. The molecule has 0 amide bonds. The molecule has 0 aliphatic heterocycles. The van der Waals surface area contributed by atoms with E-state index in [-0.39, 0.29) is 18.1 Å². The zero-order valence-electron chi connectivity index (χ0n) is 14.1. The van der Waals surface area contributed by atoms with E-state index in [0.717, 1.165) is 6.42 Å². The first-order valence-corrected chi connectivity index (χ1v) is 9.14. The van der Waals surface area contributed by atoms with Crippen LogP contribution in [-0.2, 0) is 0 Å². The highest BCUT2D eigenvalue weighted by atomic mass is 19.2. The van der Waals surface area contributed by atoms with E-state index in [1.54, 1.807) is 0 Å². The zero-order chi connectivity index (χ0) is 16.8. The number of ether oxygens (including phenoxy) is 2. The summed E-state index contributed by atoms with van der Waals surface area (Å²) < 4.78 is 38.8. The monoisotopic (exact) mass is 336 g/mol. The fourth-order valence-corrected chi connectivity index (χ4v) is 3.39. The van der Waals surface area contributed by atoms with Crippen molar-refractivity contribution >= 4 is 0 Å². The number of allylic oxidation sites excluding steroid dienone is 1. The van der Waals surface area contributed by atoms with E-state index in [1.807, 2.05) is 6.08 Å². The van der Waals surface area contributed by atoms with Gasteiger partial charge in [0.2, 0.25) is 11.6 Å². The summed E-state index contributed by atoms with van der Waals surface area (Å²) in [7, 11) is 0. The third kappa shape index (κ3) is 4.49. The van der Waals surface area contributed by atoms with Gasteiger partial charge in [-0.15, -0.1) is 0 Å². The van der Waals surface area contributed by atoms with Gasteiger partial charge in [0.15, 0.2) is 11.5 Å². The lowest BCUT2D eigenvalue weighted by Crippen LogP contribution is -2.14. The lowest BCUT2D eigenvalue weighted by Gasteiger charge is -2.25. The molecule has 1 aromatic carbocycles. The van der Waals surface area contributed by atoms with E-state index < -0.39 is 11.6 Å². The third-order valence-corrected chi connectivity index (χ3v) is 5.16. The summed E-state index contributed by atoms with van der Waals surface area (Å²) in [6.45, 7) is 0.695. The normalized spacial score (nSPS) is 18.9. The largest absolute Gasteiger partial charge is 0.490 e. The highest BCUT2D eigenvalue weighted by Gasteiger charge is 2.19. The van der Waals surface area contributed by atoms with Crippen molar-refractivity contribution in [2.45, 2.75) is 51.4 Å². The van der Waals surface area contributed by atoms with Gasteiger partial charge < -0.3 is 9.47 Å². The molecule has 0 unspecified atom stereocenters. The van der Waals surface area contributed by atoms with E-state index in [2.05, 4.69) is 6.08 Å². The predicted octanol–water partition coefficient (Wildman–Crippen LogP) is 5.66. The van der Waals surface area contributed by atoms with Gasteiger partial charge in [-0.2, -0.15) is 8.78 Å². The molecular formula is C20H26F2O2. The molecule has 0 aromatic heterocycles. The van der Waals surface area contributed by atoms with Gasteiger partial charge in [0.05, 0.1) is 6.61 Å². The van der Waals surface area contributed by atoms with Crippen LogP contribution >= 0.6 is 0 Å². The van der Waals surface area contributed by atoms with Crippen LogP contribution in [0.3, 0.4) is 0 Å².